The molecule has 0 atom stereocenters. The zero-order valence-corrected chi connectivity index (χ0v) is 43.9. The third kappa shape index (κ3) is 7.53. The summed E-state index contributed by atoms with van der Waals surface area (Å²) < 4.78 is 0. The predicted molar refractivity (Wildman–Crippen MR) is 344 cm³/mol. The molecule has 0 saturated carbocycles. The first kappa shape index (κ1) is 45.8. The van der Waals surface area contributed by atoms with E-state index < -0.39 is 0 Å². The zero-order valence-electron chi connectivity index (χ0n) is 43.9. The molecule has 0 N–H and O–H groups in total. The molecule has 16 rings (SSSR count). The monoisotopic (exact) mass is 1010 g/mol. The van der Waals surface area contributed by atoms with Gasteiger partial charge in [0.2, 0.25) is 0 Å². The Bertz CT molecular complexity index is 4440. The summed E-state index contributed by atoms with van der Waals surface area (Å²) in [5.41, 5.74) is 19.2. The number of hydrogen-bond acceptors (Lipinski definition) is 0. The Morgan fingerprint density at radius 2 is 0.300 bits per heavy atom. The Morgan fingerprint density at radius 1 is 0.125 bits per heavy atom. The lowest BCUT2D eigenvalue weighted by molar-refractivity contribution is 1.60. The quantitative estimate of drug-likeness (QED) is 0.133. The van der Waals surface area contributed by atoms with Crippen molar-refractivity contribution in [2.45, 2.75) is 0 Å². The summed E-state index contributed by atoms with van der Waals surface area (Å²) in [5, 5.41) is 17.2. The Balaban J connectivity index is 1.12. The third-order valence-electron chi connectivity index (χ3n) is 16.9. The third-order valence-corrected chi connectivity index (χ3v) is 16.9. The highest BCUT2D eigenvalue weighted by atomic mass is 14.3. The van der Waals surface area contributed by atoms with Crippen LogP contribution in [0.1, 0.15) is 0 Å². The fraction of sp³-hybridized carbons (Fsp3) is 0. The summed E-state index contributed by atoms with van der Waals surface area (Å²) in [7, 11) is 0. The van der Waals surface area contributed by atoms with Gasteiger partial charge in [-0.05, 0) is 225 Å². The first-order valence-electron chi connectivity index (χ1n) is 27.8. The highest BCUT2D eigenvalue weighted by Gasteiger charge is 2.26. The molecule has 0 saturated heterocycles. The highest BCUT2D eigenvalue weighted by molar-refractivity contribution is 6.33. The Hall–Kier alpha value is -10.4. The molecule has 0 heteroatoms. The van der Waals surface area contributed by atoms with Crippen LogP contribution in [-0.2, 0) is 0 Å². The van der Waals surface area contributed by atoms with Crippen LogP contribution in [0.15, 0.2) is 303 Å². The Labute approximate surface area is 465 Å². The van der Waals surface area contributed by atoms with E-state index in [1.165, 1.54) is 164 Å². The fourth-order valence-electron chi connectivity index (χ4n) is 13.2. The van der Waals surface area contributed by atoms with Gasteiger partial charge in [-0.3, -0.25) is 0 Å². The minimum Gasteiger partial charge on any atom is -0.0622 e. The van der Waals surface area contributed by atoms with Crippen LogP contribution in [0.3, 0.4) is 0 Å². The van der Waals surface area contributed by atoms with Crippen molar-refractivity contribution in [2.75, 3.05) is 0 Å². The van der Waals surface area contributed by atoms with Crippen LogP contribution in [0.4, 0.5) is 0 Å². The maximum atomic E-state index is 2.53. The summed E-state index contributed by atoms with van der Waals surface area (Å²) >= 11 is 0. The molecule has 0 amide bonds. The number of rotatable bonds is 8. The average Bonchev–Trinajstić information content (AvgIpc) is 3.29. The van der Waals surface area contributed by atoms with Crippen LogP contribution in [0.5, 0.6) is 0 Å². The molecule has 16 aromatic carbocycles. The van der Waals surface area contributed by atoms with Gasteiger partial charge in [0.1, 0.15) is 0 Å². The molecule has 0 aromatic heterocycles. The van der Waals surface area contributed by atoms with Crippen molar-refractivity contribution in [1.29, 1.82) is 0 Å². The first-order chi connectivity index (χ1) is 39.7. The topological polar surface area (TPSA) is 0 Å². The smallest absolute Gasteiger partial charge is 0.00139 e. The van der Waals surface area contributed by atoms with Gasteiger partial charge in [0.15, 0.2) is 0 Å². The predicted octanol–water partition coefficient (Wildman–Crippen LogP) is 22.5. The molecule has 0 aliphatic rings. The summed E-state index contributed by atoms with van der Waals surface area (Å²) in [6, 6.07) is 114. The van der Waals surface area contributed by atoms with Gasteiger partial charge in [0, 0.05) is 0 Å². The van der Waals surface area contributed by atoms with Gasteiger partial charge >= 0.3 is 0 Å². The second-order valence-corrected chi connectivity index (χ2v) is 21.5. The molecule has 0 radical (unpaired) electrons. The van der Waals surface area contributed by atoms with E-state index >= 15 is 0 Å². The fourth-order valence-corrected chi connectivity index (χ4v) is 13.2. The van der Waals surface area contributed by atoms with Gasteiger partial charge in [-0.15, -0.1) is 0 Å². The van der Waals surface area contributed by atoms with Crippen molar-refractivity contribution in [3.63, 3.8) is 0 Å². The van der Waals surface area contributed by atoms with E-state index in [0.29, 0.717) is 0 Å². The van der Waals surface area contributed by atoms with Crippen LogP contribution in [0.25, 0.3) is 164 Å². The minimum absolute atomic E-state index is 1.19. The van der Waals surface area contributed by atoms with E-state index in [4.69, 9.17) is 0 Å². The van der Waals surface area contributed by atoms with Gasteiger partial charge in [-0.1, -0.05) is 243 Å². The standard InChI is InChI=1S/C80H50/c1-5-21-51(22-6-1)67-41-55-29-13-17-33-59(55)45-71(67)75-49-76(72-46-60-34-18-14-30-56(60)42-68(72)52-23-7-2-8-24-52)64-39-40-66-78(74-48-62-36-20-16-32-58(62)44-70(74)54-27-11-4-12-28-54)50-77(65-38-37-63(75)79(64)80(65)66)73-47-61-35-19-15-31-57(61)43-69(73)53-25-9-3-10-26-53/h1-50H. The number of hydrogen-bond donors (Lipinski definition) is 0. The molecule has 0 fully saturated rings. The molecule has 0 bridgehead atoms. The lowest BCUT2D eigenvalue weighted by atomic mass is 9.78. The molecule has 0 spiro atoms. The zero-order chi connectivity index (χ0) is 52.7. The molecular weight excluding hydrogens is 961 g/mol. The highest BCUT2D eigenvalue weighted by Crippen LogP contribution is 2.53. The Kier molecular flexibility index (Phi) is 10.7. The van der Waals surface area contributed by atoms with E-state index in [9.17, 15) is 0 Å². The van der Waals surface area contributed by atoms with Gasteiger partial charge in [0.05, 0.1) is 0 Å². The van der Waals surface area contributed by atoms with Gasteiger partial charge in [-0.25, -0.2) is 0 Å². The molecule has 0 nitrogen and oxygen atoms in total. The van der Waals surface area contributed by atoms with E-state index in [0.717, 1.165) is 0 Å². The average molecular weight is 1010 g/mol. The maximum absolute atomic E-state index is 2.53. The van der Waals surface area contributed by atoms with Crippen LogP contribution in [0, 0.1) is 0 Å². The molecular formula is C80H50. The maximum Gasteiger partial charge on any atom is -0.00139 e. The summed E-state index contributed by atoms with van der Waals surface area (Å²) in [5.74, 6) is 0. The second-order valence-electron chi connectivity index (χ2n) is 21.5. The molecule has 80 heavy (non-hydrogen) atoms. The van der Waals surface area contributed by atoms with Crippen molar-refractivity contribution in [1.82, 2.24) is 0 Å². The lowest BCUT2D eigenvalue weighted by Gasteiger charge is -2.25. The number of fused-ring (bicyclic) bond motifs is 4. The van der Waals surface area contributed by atoms with Crippen molar-refractivity contribution in [3.8, 4) is 89.0 Å². The summed E-state index contributed by atoms with van der Waals surface area (Å²) in [6.07, 6.45) is 0. The molecule has 0 aliphatic heterocycles. The van der Waals surface area contributed by atoms with Crippen molar-refractivity contribution >= 4 is 75.4 Å². The van der Waals surface area contributed by atoms with E-state index in [-0.39, 0.29) is 0 Å². The van der Waals surface area contributed by atoms with E-state index in [2.05, 4.69) is 303 Å². The van der Waals surface area contributed by atoms with Crippen LogP contribution in [-0.4, -0.2) is 0 Å². The SMILES string of the molecule is c1ccc(-c2cc3ccccc3cc2-c2cc(-c3cc4ccccc4cc3-c3ccccc3)c3ccc4c(-c5cc6ccccc6cc5-c5ccccc5)cc(-c5cc6ccccc6cc5-c5ccccc5)c5ccc2c3c54)cc1. The van der Waals surface area contributed by atoms with Crippen molar-refractivity contribution < 1.29 is 0 Å². The summed E-state index contributed by atoms with van der Waals surface area (Å²) in [4.78, 5) is 0. The van der Waals surface area contributed by atoms with Crippen LogP contribution >= 0.6 is 0 Å². The minimum atomic E-state index is 1.19. The molecule has 0 unspecified atom stereocenters. The lowest BCUT2D eigenvalue weighted by Crippen LogP contribution is -1.97. The second kappa shape index (κ2) is 18.7. The molecule has 0 aliphatic carbocycles. The van der Waals surface area contributed by atoms with E-state index in [1.54, 1.807) is 0 Å². The normalized spacial score (nSPS) is 11.8. The Morgan fingerprint density at radius 3 is 0.500 bits per heavy atom. The molecule has 16 aromatic rings. The van der Waals surface area contributed by atoms with Gasteiger partial charge in [-0.2, -0.15) is 0 Å². The largest absolute Gasteiger partial charge is 0.0622 e. The van der Waals surface area contributed by atoms with Crippen LogP contribution in [0.2, 0.25) is 0 Å². The number of benzene rings is 16. The molecule has 370 valence electrons. The molecule has 0 heterocycles. The first-order valence-corrected chi connectivity index (χ1v) is 27.8. The van der Waals surface area contributed by atoms with Crippen molar-refractivity contribution in [3.05, 3.63) is 303 Å². The van der Waals surface area contributed by atoms with Crippen LogP contribution < -0.4 is 0 Å². The van der Waals surface area contributed by atoms with Gasteiger partial charge in [0.25, 0.3) is 0 Å². The van der Waals surface area contributed by atoms with E-state index in [1.807, 2.05) is 0 Å². The van der Waals surface area contributed by atoms with Crippen molar-refractivity contribution in [2.24, 2.45) is 0 Å². The van der Waals surface area contributed by atoms with Gasteiger partial charge < -0.3 is 0 Å². The summed E-state index contributed by atoms with van der Waals surface area (Å²) in [6.45, 7) is 0.